The van der Waals surface area contributed by atoms with Crippen molar-refractivity contribution in [3.05, 3.63) is 35.6 Å². The summed E-state index contributed by atoms with van der Waals surface area (Å²) in [5, 5.41) is 10.3. The Kier molecular flexibility index (Phi) is 3.59. The molecule has 4 nitrogen and oxygen atoms in total. The van der Waals surface area contributed by atoms with E-state index in [0.717, 1.165) is 0 Å². The monoisotopic (exact) mass is 319 g/mol. The number of fused-ring (bicyclic) bond motifs is 2. The van der Waals surface area contributed by atoms with Gasteiger partial charge in [0.25, 0.3) is 0 Å². The molecule has 2 bridgehead atoms. The number of β-amino-alcohol motifs (C(OH)–C–C–N with tert-alkyl or cyclic N) is 1. The summed E-state index contributed by atoms with van der Waals surface area (Å²) in [5.41, 5.74) is -0.443. The number of carbonyl (C=O) groups excluding carboxylic acids is 2. The second kappa shape index (κ2) is 5.13. The quantitative estimate of drug-likeness (QED) is 0.872. The molecule has 1 aromatic carbocycles. The van der Waals surface area contributed by atoms with Crippen LogP contribution >= 0.6 is 0 Å². The van der Waals surface area contributed by atoms with Gasteiger partial charge < -0.3 is 5.11 Å². The molecule has 3 atom stereocenters. The molecule has 0 radical (unpaired) electrons. The minimum atomic E-state index is -1.01. The van der Waals surface area contributed by atoms with Gasteiger partial charge in [-0.2, -0.15) is 0 Å². The second-order valence-electron chi connectivity index (χ2n) is 7.47. The van der Waals surface area contributed by atoms with Crippen LogP contribution in [0, 0.1) is 22.6 Å². The molecule has 0 aromatic heterocycles. The van der Waals surface area contributed by atoms with Crippen molar-refractivity contribution in [3.8, 4) is 0 Å². The number of aliphatic hydroxyl groups is 1. The van der Waals surface area contributed by atoms with Gasteiger partial charge in [-0.3, -0.25) is 14.5 Å². The zero-order valence-electron chi connectivity index (χ0n) is 13.7. The highest BCUT2D eigenvalue weighted by Crippen LogP contribution is 2.60. The number of amides is 2. The molecule has 1 aliphatic carbocycles. The van der Waals surface area contributed by atoms with E-state index < -0.39 is 17.3 Å². The highest BCUT2D eigenvalue weighted by Gasteiger charge is 2.64. The first-order valence-corrected chi connectivity index (χ1v) is 7.98. The lowest BCUT2D eigenvalue weighted by atomic mass is 9.62. The zero-order chi connectivity index (χ0) is 17.0. The first-order valence-electron chi connectivity index (χ1n) is 7.98. The van der Waals surface area contributed by atoms with Crippen molar-refractivity contribution < 1.29 is 19.1 Å². The number of imide groups is 1. The molecule has 1 aromatic rings. The van der Waals surface area contributed by atoms with E-state index >= 15 is 0 Å². The number of carbonyl (C=O) groups is 2. The van der Waals surface area contributed by atoms with E-state index in [9.17, 15) is 19.1 Å². The van der Waals surface area contributed by atoms with Crippen LogP contribution in [0.2, 0.25) is 0 Å². The van der Waals surface area contributed by atoms with E-state index in [1.807, 2.05) is 20.8 Å². The van der Waals surface area contributed by atoms with E-state index in [1.54, 1.807) is 0 Å². The van der Waals surface area contributed by atoms with Crippen LogP contribution in [0.15, 0.2) is 24.3 Å². The third kappa shape index (κ3) is 2.21. The van der Waals surface area contributed by atoms with Gasteiger partial charge in [-0.1, -0.05) is 32.9 Å². The summed E-state index contributed by atoms with van der Waals surface area (Å²) in [6, 6.07) is 5.46. The molecule has 1 saturated heterocycles. The number of likely N-dealkylation sites (tertiary alicyclic amines) is 1. The minimum Gasteiger partial charge on any atom is -0.387 e. The van der Waals surface area contributed by atoms with Gasteiger partial charge in [-0.15, -0.1) is 0 Å². The van der Waals surface area contributed by atoms with Gasteiger partial charge >= 0.3 is 0 Å². The van der Waals surface area contributed by atoms with Gasteiger partial charge in [-0.05, 0) is 36.0 Å². The van der Waals surface area contributed by atoms with E-state index in [-0.39, 0.29) is 29.7 Å². The number of aliphatic hydroxyl groups excluding tert-OH is 1. The Morgan fingerprint density at radius 1 is 1.26 bits per heavy atom. The van der Waals surface area contributed by atoms with Gasteiger partial charge in [0.15, 0.2) is 0 Å². The first kappa shape index (κ1) is 16.1. The molecule has 2 fully saturated rings. The maximum Gasteiger partial charge on any atom is 0.235 e. The maximum absolute atomic E-state index is 13.0. The molecule has 5 heteroatoms. The van der Waals surface area contributed by atoms with E-state index in [1.165, 1.54) is 29.2 Å². The van der Waals surface area contributed by atoms with Gasteiger partial charge in [-0.25, -0.2) is 4.39 Å². The molecule has 3 rings (SSSR count). The zero-order valence-corrected chi connectivity index (χ0v) is 13.7. The second-order valence-corrected chi connectivity index (χ2v) is 7.47. The van der Waals surface area contributed by atoms with Crippen LogP contribution in [0.3, 0.4) is 0 Å². The number of nitrogens with zero attached hydrogens (tertiary/aromatic N) is 1. The number of piperidine rings is 1. The van der Waals surface area contributed by atoms with Crippen molar-refractivity contribution in [3.63, 3.8) is 0 Å². The van der Waals surface area contributed by atoms with Crippen molar-refractivity contribution in [1.29, 1.82) is 0 Å². The van der Waals surface area contributed by atoms with Crippen LogP contribution in [0.1, 0.15) is 45.3 Å². The lowest BCUT2D eigenvalue weighted by Crippen LogP contribution is -2.59. The molecule has 2 aliphatic rings. The van der Waals surface area contributed by atoms with Gasteiger partial charge in [0.2, 0.25) is 11.8 Å². The average Bonchev–Trinajstić information content (AvgIpc) is 2.69. The highest BCUT2D eigenvalue weighted by atomic mass is 19.1. The van der Waals surface area contributed by atoms with Crippen LogP contribution in [0.4, 0.5) is 4.39 Å². The molecule has 23 heavy (non-hydrogen) atoms. The number of hydrogen-bond acceptors (Lipinski definition) is 3. The fraction of sp³-hybridized carbons (Fsp3) is 0.556. The summed E-state index contributed by atoms with van der Waals surface area (Å²) in [5.74, 6) is -0.984. The number of halogens is 1. The van der Waals surface area contributed by atoms with Crippen molar-refractivity contribution in [2.75, 3.05) is 6.54 Å². The number of rotatable bonds is 3. The SMILES string of the molecule is CC1(C)[C@H]2CC[C@]1(C)C(=O)N(C[C@H](O)c1ccc(F)cc1)C2=O. The third-order valence-corrected chi connectivity index (χ3v) is 6.12. The molecular formula is C18H22FNO3. The van der Waals surface area contributed by atoms with Crippen LogP contribution in [-0.2, 0) is 9.59 Å². The maximum atomic E-state index is 13.0. The van der Waals surface area contributed by atoms with Crippen LogP contribution in [-0.4, -0.2) is 28.4 Å². The largest absolute Gasteiger partial charge is 0.387 e. The fourth-order valence-electron chi connectivity index (χ4n) is 4.04. The molecule has 1 aliphatic heterocycles. The Morgan fingerprint density at radius 3 is 2.48 bits per heavy atom. The summed E-state index contributed by atoms with van der Waals surface area (Å²) in [6.07, 6.45) is 0.392. The lowest BCUT2D eigenvalue weighted by molar-refractivity contribution is -0.169. The summed E-state index contributed by atoms with van der Waals surface area (Å²) in [7, 11) is 0. The summed E-state index contributed by atoms with van der Waals surface area (Å²) in [4.78, 5) is 26.8. The smallest absolute Gasteiger partial charge is 0.235 e. The molecule has 0 spiro atoms. The Hall–Kier alpha value is -1.75. The Morgan fingerprint density at radius 2 is 1.87 bits per heavy atom. The fourth-order valence-corrected chi connectivity index (χ4v) is 4.04. The molecule has 2 amide bonds. The summed E-state index contributed by atoms with van der Waals surface area (Å²) in [6.45, 7) is 5.80. The summed E-state index contributed by atoms with van der Waals surface area (Å²) >= 11 is 0. The van der Waals surface area contributed by atoms with E-state index in [4.69, 9.17) is 0 Å². The predicted octanol–water partition coefficient (Wildman–Crippen LogP) is 2.67. The molecule has 1 heterocycles. The average molecular weight is 319 g/mol. The highest BCUT2D eigenvalue weighted by molar-refractivity contribution is 6.03. The van der Waals surface area contributed by atoms with Crippen LogP contribution < -0.4 is 0 Å². The number of hydrogen-bond donors (Lipinski definition) is 1. The molecule has 0 unspecified atom stereocenters. The molecule has 1 saturated carbocycles. The number of benzene rings is 1. The molecular weight excluding hydrogens is 297 g/mol. The standard InChI is InChI=1S/C18H22FNO3/c1-17(2)13-8-9-18(17,3)16(23)20(15(13)22)10-14(21)11-4-6-12(19)7-5-11/h4-7,13-14,21H,8-10H2,1-3H3/t13-,14-,18+/m0/s1. The van der Waals surface area contributed by atoms with Gasteiger partial charge in [0, 0.05) is 5.92 Å². The van der Waals surface area contributed by atoms with Gasteiger partial charge in [0.1, 0.15) is 5.82 Å². The van der Waals surface area contributed by atoms with Crippen molar-refractivity contribution in [1.82, 2.24) is 4.90 Å². The van der Waals surface area contributed by atoms with Gasteiger partial charge in [0.05, 0.1) is 18.1 Å². The Bertz CT molecular complexity index is 655. The molecule has 124 valence electrons. The topological polar surface area (TPSA) is 57.6 Å². The van der Waals surface area contributed by atoms with Crippen LogP contribution in [0.25, 0.3) is 0 Å². The first-order chi connectivity index (χ1) is 10.7. The van der Waals surface area contributed by atoms with Crippen molar-refractivity contribution in [2.24, 2.45) is 16.7 Å². The van der Waals surface area contributed by atoms with Crippen LogP contribution in [0.5, 0.6) is 0 Å². The molecule has 1 N–H and O–H groups in total. The Balaban J connectivity index is 1.85. The van der Waals surface area contributed by atoms with Crippen molar-refractivity contribution in [2.45, 2.75) is 39.7 Å². The lowest BCUT2D eigenvalue weighted by Gasteiger charge is -2.48. The Labute approximate surface area is 135 Å². The predicted molar refractivity (Wildman–Crippen MR) is 82.7 cm³/mol. The van der Waals surface area contributed by atoms with Crippen molar-refractivity contribution >= 4 is 11.8 Å². The summed E-state index contributed by atoms with van der Waals surface area (Å²) < 4.78 is 13.0. The normalized spacial score (nSPS) is 30.7. The van der Waals surface area contributed by atoms with E-state index in [2.05, 4.69) is 0 Å². The van der Waals surface area contributed by atoms with E-state index in [0.29, 0.717) is 18.4 Å². The third-order valence-electron chi connectivity index (χ3n) is 6.12. The minimum absolute atomic E-state index is 0.0779.